The summed E-state index contributed by atoms with van der Waals surface area (Å²) in [5, 5.41) is 2.88. The van der Waals surface area contributed by atoms with Gasteiger partial charge in [-0.3, -0.25) is 4.79 Å². The van der Waals surface area contributed by atoms with Gasteiger partial charge < -0.3 is 24.3 Å². The van der Waals surface area contributed by atoms with Gasteiger partial charge in [-0.25, -0.2) is 0 Å². The Labute approximate surface area is 138 Å². The monoisotopic (exact) mass is 373 g/mol. The number of nitrogens with one attached hydrogen (secondary N) is 1. The zero-order valence-electron chi connectivity index (χ0n) is 12.9. The first-order chi connectivity index (χ1) is 10.6. The van der Waals surface area contributed by atoms with E-state index < -0.39 is 0 Å². The van der Waals surface area contributed by atoms with E-state index in [1.807, 2.05) is 0 Å². The summed E-state index contributed by atoms with van der Waals surface area (Å²) in [6, 6.07) is 1.62. The van der Waals surface area contributed by atoms with Crippen LogP contribution in [0.2, 0.25) is 0 Å². The first-order valence-corrected chi connectivity index (χ1v) is 7.79. The van der Waals surface area contributed by atoms with Crippen molar-refractivity contribution in [3.8, 4) is 17.2 Å². The van der Waals surface area contributed by atoms with Gasteiger partial charge in [0.05, 0.1) is 37.5 Å². The van der Waals surface area contributed by atoms with Crippen LogP contribution in [0.4, 0.5) is 0 Å². The molecule has 1 fully saturated rings. The van der Waals surface area contributed by atoms with Crippen molar-refractivity contribution in [2.75, 3.05) is 34.5 Å². The van der Waals surface area contributed by atoms with Crippen molar-refractivity contribution in [1.29, 1.82) is 0 Å². The largest absolute Gasteiger partial charge is 0.493 e. The molecular formula is C15H20BrNO5. The van der Waals surface area contributed by atoms with Gasteiger partial charge in [0.25, 0.3) is 5.91 Å². The third kappa shape index (κ3) is 3.47. The van der Waals surface area contributed by atoms with E-state index >= 15 is 0 Å². The molecule has 0 radical (unpaired) electrons. The van der Waals surface area contributed by atoms with Crippen LogP contribution in [-0.4, -0.2) is 46.5 Å². The number of rotatable bonds is 6. The average molecular weight is 374 g/mol. The summed E-state index contributed by atoms with van der Waals surface area (Å²) in [4.78, 5) is 12.4. The van der Waals surface area contributed by atoms with Gasteiger partial charge in [0.15, 0.2) is 11.5 Å². The van der Waals surface area contributed by atoms with Gasteiger partial charge in [0.1, 0.15) is 0 Å². The van der Waals surface area contributed by atoms with Crippen LogP contribution in [0.15, 0.2) is 10.5 Å². The quantitative estimate of drug-likeness (QED) is 0.828. The number of amides is 1. The SMILES string of the molecule is COc1cc(C(=O)NCC2CCCO2)c(Br)c(OC)c1OC. The minimum absolute atomic E-state index is 0.0877. The maximum atomic E-state index is 12.4. The third-order valence-electron chi connectivity index (χ3n) is 3.53. The number of carbonyl (C=O) groups is 1. The molecular weight excluding hydrogens is 354 g/mol. The van der Waals surface area contributed by atoms with Crippen molar-refractivity contribution in [3.63, 3.8) is 0 Å². The van der Waals surface area contributed by atoms with Crippen molar-refractivity contribution in [2.45, 2.75) is 18.9 Å². The molecule has 1 aromatic carbocycles. The van der Waals surface area contributed by atoms with Crippen LogP contribution in [0.25, 0.3) is 0 Å². The summed E-state index contributed by atoms with van der Waals surface area (Å²) in [7, 11) is 4.54. The van der Waals surface area contributed by atoms with Gasteiger partial charge in [-0.05, 0) is 34.8 Å². The highest BCUT2D eigenvalue weighted by atomic mass is 79.9. The van der Waals surface area contributed by atoms with Gasteiger partial charge in [-0.15, -0.1) is 0 Å². The molecule has 0 saturated carbocycles. The van der Waals surface area contributed by atoms with Gasteiger partial charge >= 0.3 is 0 Å². The maximum absolute atomic E-state index is 12.4. The van der Waals surface area contributed by atoms with E-state index in [4.69, 9.17) is 18.9 Å². The maximum Gasteiger partial charge on any atom is 0.252 e. The lowest BCUT2D eigenvalue weighted by Gasteiger charge is -2.17. The third-order valence-corrected chi connectivity index (χ3v) is 4.32. The fourth-order valence-corrected chi connectivity index (χ4v) is 3.03. The van der Waals surface area contributed by atoms with E-state index in [9.17, 15) is 4.79 Å². The molecule has 7 heteroatoms. The van der Waals surface area contributed by atoms with Crippen molar-refractivity contribution < 1.29 is 23.7 Å². The van der Waals surface area contributed by atoms with E-state index in [0.29, 0.717) is 33.8 Å². The Morgan fingerprint density at radius 2 is 2.05 bits per heavy atom. The molecule has 1 heterocycles. The number of ether oxygens (including phenoxy) is 4. The fourth-order valence-electron chi connectivity index (χ4n) is 2.39. The van der Waals surface area contributed by atoms with Crippen LogP contribution < -0.4 is 19.5 Å². The van der Waals surface area contributed by atoms with Crippen molar-refractivity contribution in [1.82, 2.24) is 5.32 Å². The number of benzene rings is 1. The summed E-state index contributed by atoms with van der Waals surface area (Å²) in [5.74, 6) is 1.07. The predicted molar refractivity (Wildman–Crippen MR) is 85.1 cm³/mol. The lowest BCUT2D eigenvalue weighted by atomic mass is 10.1. The number of halogens is 1. The molecule has 1 aromatic rings. The highest BCUT2D eigenvalue weighted by Crippen LogP contribution is 2.44. The van der Waals surface area contributed by atoms with Crippen LogP contribution in [0.3, 0.4) is 0 Å². The number of hydrogen-bond acceptors (Lipinski definition) is 5. The normalized spacial score (nSPS) is 17.2. The van der Waals surface area contributed by atoms with Crippen molar-refractivity contribution in [2.24, 2.45) is 0 Å². The van der Waals surface area contributed by atoms with Crippen LogP contribution in [0, 0.1) is 0 Å². The highest BCUT2D eigenvalue weighted by Gasteiger charge is 2.24. The molecule has 122 valence electrons. The smallest absolute Gasteiger partial charge is 0.252 e. The Bertz CT molecular complexity index is 543. The van der Waals surface area contributed by atoms with E-state index in [0.717, 1.165) is 19.4 Å². The molecule has 0 aromatic heterocycles. The first kappa shape index (κ1) is 16.9. The lowest BCUT2D eigenvalue weighted by molar-refractivity contribution is 0.0856. The summed E-state index contributed by atoms with van der Waals surface area (Å²) in [6.45, 7) is 1.25. The van der Waals surface area contributed by atoms with Crippen LogP contribution in [-0.2, 0) is 4.74 Å². The molecule has 0 aliphatic carbocycles. The molecule has 0 bridgehead atoms. The first-order valence-electron chi connectivity index (χ1n) is 7.00. The minimum atomic E-state index is -0.221. The number of methoxy groups -OCH3 is 3. The molecule has 1 saturated heterocycles. The molecule has 1 aliphatic rings. The second-order valence-corrected chi connectivity index (χ2v) is 5.64. The number of hydrogen-bond donors (Lipinski definition) is 1. The van der Waals surface area contributed by atoms with E-state index in [-0.39, 0.29) is 12.0 Å². The molecule has 1 N–H and O–H groups in total. The van der Waals surface area contributed by atoms with Crippen LogP contribution in [0.1, 0.15) is 23.2 Å². The summed E-state index contributed by atoms with van der Waals surface area (Å²) < 4.78 is 21.9. The fraction of sp³-hybridized carbons (Fsp3) is 0.533. The lowest BCUT2D eigenvalue weighted by Crippen LogP contribution is -2.32. The Kier molecular flexibility index (Phi) is 5.90. The van der Waals surface area contributed by atoms with E-state index in [1.54, 1.807) is 6.07 Å². The van der Waals surface area contributed by atoms with Gasteiger partial charge in [-0.1, -0.05) is 0 Å². The molecule has 1 unspecified atom stereocenters. The van der Waals surface area contributed by atoms with Crippen molar-refractivity contribution in [3.05, 3.63) is 16.1 Å². The Morgan fingerprint density at radius 3 is 2.59 bits per heavy atom. The molecule has 22 heavy (non-hydrogen) atoms. The summed E-state index contributed by atoms with van der Waals surface area (Å²) in [5.41, 5.74) is 0.424. The summed E-state index contributed by atoms with van der Waals surface area (Å²) in [6.07, 6.45) is 2.09. The van der Waals surface area contributed by atoms with E-state index in [1.165, 1.54) is 21.3 Å². The van der Waals surface area contributed by atoms with Crippen LogP contribution >= 0.6 is 15.9 Å². The zero-order valence-corrected chi connectivity index (χ0v) is 14.5. The molecule has 1 amide bonds. The number of carbonyl (C=O) groups excluding carboxylic acids is 1. The molecule has 0 spiro atoms. The van der Waals surface area contributed by atoms with Gasteiger partial charge in [0, 0.05) is 13.2 Å². The summed E-state index contributed by atoms with van der Waals surface area (Å²) >= 11 is 3.40. The molecule has 1 aliphatic heterocycles. The predicted octanol–water partition coefficient (Wildman–Crippen LogP) is 2.38. The average Bonchev–Trinajstić information content (AvgIpc) is 3.05. The van der Waals surface area contributed by atoms with Gasteiger partial charge in [0.2, 0.25) is 5.75 Å². The Balaban J connectivity index is 2.23. The minimum Gasteiger partial charge on any atom is -0.493 e. The van der Waals surface area contributed by atoms with Crippen LogP contribution in [0.5, 0.6) is 17.2 Å². The van der Waals surface area contributed by atoms with Gasteiger partial charge in [-0.2, -0.15) is 0 Å². The molecule has 2 rings (SSSR count). The van der Waals surface area contributed by atoms with E-state index in [2.05, 4.69) is 21.2 Å². The highest BCUT2D eigenvalue weighted by molar-refractivity contribution is 9.10. The second-order valence-electron chi connectivity index (χ2n) is 4.85. The zero-order chi connectivity index (χ0) is 16.1. The molecule has 6 nitrogen and oxygen atoms in total. The Morgan fingerprint density at radius 1 is 1.32 bits per heavy atom. The molecule has 1 atom stereocenters. The standard InChI is InChI=1S/C15H20BrNO5/c1-19-11-7-10(12(16)14(21-3)13(11)20-2)15(18)17-8-9-5-4-6-22-9/h7,9H,4-6,8H2,1-3H3,(H,17,18). The van der Waals surface area contributed by atoms with Crippen molar-refractivity contribution >= 4 is 21.8 Å². The Hall–Kier alpha value is -1.47. The second kappa shape index (κ2) is 7.69. The topological polar surface area (TPSA) is 66.0 Å².